The van der Waals surface area contributed by atoms with Gasteiger partial charge in [0.2, 0.25) is 0 Å². The zero-order chi connectivity index (χ0) is 12.3. The largest absolute Gasteiger partial charge is 0.271 e. The Hall–Kier alpha value is -0.900. The molecule has 1 aromatic heterocycles. The van der Waals surface area contributed by atoms with Gasteiger partial charge < -0.3 is 0 Å². The molecule has 2 unspecified atom stereocenters. The van der Waals surface area contributed by atoms with E-state index >= 15 is 0 Å². The summed E-state index contributed by atoms with van der Waals surface area (Å²) < 4.78 is 1.36. The van der Waals surface area contributed by atoms with E-state index in [2.05, 4.69) is 48.9 Å². The number of rotatable bonds is 5. The van der Waals surface area contributed by atoms with Gasteiger partial charge in [-0.05, 0) is 34.7 Å². The number of fused-ring (bicyclic) bond motifs is 1. The van der Waals surface area contributed by atoms with Gasteiger partial charge in [-0.1, -0.05) is 38.5 Å². The van der Waals surface area contributed by atoms with Crippen LogP contribution in [-0.2, 0) is 6.42 Å². The summed E-state index contributed by atoms with van der Waals surface area (Å²) in [4.78, 5) is 0. The zero-order valence-electron chi connectivity index (χ0n) is 10.4. The molecule has 0 saturated carbocycles. The van der Waals surface area contributed by atoms with Crippen molar-refractivity contribution in [3.05, 3.63) is 35.2 Å². The van der Waals surface area contributed by atoms with Crippen molar-refractivity contribution in [1.29, 1.82) is 0 Å². The van der Waals surface area contributed by atoms with Gasteiger partial charge in [0.1, 0.15) is 0 Å². The zero-order valence-corrected chi connectivity index (χ0v) is 11.3. The summed E-state index contributed by atoms with van der Waals surface area (Å²) in [6.45, 7) is 4.46. The Kier molecular flexibility index (Phi) is 4.15. The quantitative estimate of drug-likeness (QED) is 0.629. The summed E-state index contributed by atoms with van der Waals surface area (Å²) in [6.07, 6.45) is 2.16. The van der Waals surface area contributed by atoms with Gasteiger partial charge >= 0.3 is 0 Å². The highest BCUT2D eigenvalue weighted by atomic mass is 32.1. The van der Waals surface area contributed by atoms with Crippen molar-refractivity contribution >= 4 is 21.4 Å². The highest BCUT2D eigenvalue weighted by Crippen LogP contribution is 2.27. The molecule has 0 aliphatic rings. The molecule has 2 rings (SSSR count). The van der Waals surface area contributed by atoms with Gasteiger partial charge in [0.25, 0.3) is 0 Å². The van der Waals surface area contributed by atoms with Crippen LogP contribution in [0.25, 0.3) is 10.1 Å². The summed E-state index contributed by atoms with van der Waals surface area (Å²) in [7, 11) is 0. The van der Waals surface area contributed by atoms with Crippen molar-refractivity contribution < 1.29 is 0 Å². The molecule has 1 aromatic carbocycles. The minimum absolute atomic E-state index is 0.359. The van der Waals surface area contributed by atoms with Gasteiger partial charge in [-0.15, -0.1) is 11.3 Å². The van der Waals surface area contributed by atoms with Crippen molar-refractivity contribution in [3.63, 3.8) is 0 Å². The number of hydrogen-bond acceptors (Lipinski definition) is 3. The van der Waals surface area contributed by atoms with Crippen LogP contribution in [0.5, 0.6) is 0 Å². The van der Waals surface area contributed by atoms with Crippen LogP contribution in [-0.4, -0.2) is 6.04 Å². The maximum absolute atomic E-state index is 5.66. The van der Waals surface area contributed by atoms with Gasteiger partial charge in [0.15, 0.2) is 0 Å². The van der Waals surface area contributed by atoms with Gasteiger partial charge in [-0.3, -0.25) is 11.3 Å². The standard InChI is InChI=1S/C14H20N2S/c1-3-10(2)13(16-15)8-11-9-17-14-7-5-4-6-12(11)14/h4-7,9-10,13,16H,3,8,15H2,1-2H3. The molecule has 0 aliphatic heterocycles. The number of nitrogens with two attached hydrogens (primary N) is 1. The lowest BCUT2D eigenvalue weighted by Crippen LogP contribution is -2.41. The number of nitrogens with one attached hydrogen (secondary N) is 1. The highest BCUT2D eigenvalue weighted by Gasteiger charge is 2.16. The predicted molar refractivity (Wildman–Crippen MR) is 76.1 cm³/mol. The summed E-state index contributed by atoms with van der Waals surface area (Å²) in [5, 5.41) is 3.64. The molecule has 0 aliphatic carbocycles. The molecule has 1 heterocycles. The van der Waals surface area contributed by atoms with E-state index in [1.54, 1.807) is 0 Å². The molecule has 92 valence electrons. The van der Waals surface area contributed by atoms with Crippen LogP contribution in [0.3, 0.4) is 0 Å². The van der Waals surface area contributed by atoms with E-state index in [4.69, 9.17) is 5.84 Å². The molecule has 3 heteroatoms. The fourth-order valence-electron chi connectivity index (χ4n) is 2.14. The summed E-state index contributed by atoms with van der Waals surface area (Å²) in [5.41, 5.74) is 4.37. The first-order valence-electron chi connectivity index (χ1n) is 6.17. The molecule has 0 radical (unpaired) electrons. The van der Waals surface area contributed by atoms with Crippen molar-refractivity contribution in [2.45, 2.75) is 32.7 Å². The van der Waals surface area contributed by atoms with Crippen LogP contribution >= 0.6 is 11.3 Å². The normalized spacial score (nSPS) is 15.0. The van der Waals surface area contributed by atoms with Crippen LogP contribution < -0.4 is 11.3 Å². The Labute approximate surface area is 107 Å². The Morgan fingerprint density at radius 1 is 1.35 bits per heavy atom. The van der Waals surface area contributed by atoms with E-state index in [1.807, 2.05) is 11.3 Å². The smallest absolute Gasteiger partial charge is 0.0345 e. The van der Waals surface area contributed by atoms with Crippen LogP contribution in [0.1, 0.15) is 25.8 Å². The minimum Gasteiger partial charge on any atom is -0.271 e. The Balaban J connectivity index is 2.22. The first-order chi connectivity index (χ1) is 8.26. The Bertz CT molecular complexity index is 478. The van der Waals surface area contributed by atoms with E-state index in [1.165, 1.54) is 15.6 Å². The van der Waals surface area contributed by atoms with E-state index in [9.17, 15) is 0 Å². The highest BCUT2D eigenvalue weighted by molar-refractivity contribution is 7.17. The average Bonchev–Trinajstić information content (AvgIpc) is 2.78. The second-order valence-electron chi connectivity index (χ2n) is 4.62. The third-order valence-electron chi connectivity index (χ3n) is 3.55. The van der Waals surface area contributed by atoms with Crippen molar-refractivity contribution in [3.8, 4) is 0 Å². The second-order valence-corrected chi connectivity index (χ2v) is 5.53. The summed E-state index contributed by atoms with van der Waals surface area (Å²) in [5.74, 6) is 6.26. The van der Waals surface area contributed by atoms with E-state index in [0.717, 1.165) is 12.8 Å². The lowest BCUT2D eigenvalue weighted by molar-refractivity contribution is 0.371. The van der Waals surface area contributed by atoms with Crippen LogP contribution in [0.15, 0.2) is 29.6 Å². The van der Waals surface area contributed by atoms with E-state index < -0.39 is 0 Å². The Morgan fingerprint density at radius 3 is 2.82 bits per heavy atom. The minimum atomic E-state index is 0.359. The van der Waals surface area contributed by atoms with Crippen molar-refractivity contribution in [2.75, 3.05) is 0 Å². The van der Waals surface area contributed by atoms with Gasteiger partial charge in [0.05, 0.1) is 0 Å². The topological polar surface area (TPSA) is 38.0 Å². The molecule has 2 atom stereocenters. The summed E-state index contributed by atoms with van der Waals surface area (Å²) in [6, 6.07) is 8.93. The maximum Gasteiger partial charge on any atom is 0.0345 e. The first kappa shape index (κ1) is 12.6. The molecular weight excluding hydrogens is 228 g/mol. The molecule has 0 bridgehead atoms. The van der Waals surface area contributed by atoms with Crippen molar-refractivity contribution in [1.82, 2.24) is 5.43 Å². The SMILES string of the molecule is CCC(C)C(Cc1csc2ccccc12)NN. The van der Waals surface area contributed by atoms with Gasteiger partial charge in [-0.2, -0.15) is 0 Å². The summed E-state index contributed by atoms with van der Waals surface area (Å²) >= 11 is 1.82. The maximum atomic E-state index is 5.66. The number of benzene rings is 1. The predicted octanol–water partition coefficient (Wildman–Crippen LogP) is 3.32. The second kappa shape index (κ2) is 5.63. The third-order valence-corrected chi connectivity index (χ3v) is 4.56. The molecule has 0 saturated heterocycles. The molecule has 3 N–H and O–H groups in total. The number of thiophene rings is 1. The van der Waals surface area contributed by atoms with E-state index in [-0.39, 0.29) is 0 Å². The van der Waals surface area contributed by atoms with Crippen LogP contribution in [0.4, 0.5) is 0 Å². The van der Waals surface area contributed by atoms with Crippen LogP contribution in [0.2, 0.25) is 0 Å². The van der Waals surface area contributed by atoms with Crippen LogP contribution in [0, 0.1) is 5.92 Å². The van der Waals surface area contributed by atoms with Crippen molar-refractivity contribution in [2.24, 2.45) is 11.8 Å². The van der Waals surface area contributed by atoms with Gasteiger partial charge in [0, 0.05) is 10.7 Å². The number of hydrazine groups is 1. The van der Waals surface area contributed by atoms with Gasteiger partial charge in [-0.25, -0.2) is 0 Å². The molecule has 0 spiro atoms. The fourth-order valence-corrected chi connectivity index (χ4v) is 3.11. The molecule has 17 heavy (non-hydrogen) atoms. The average molecular weight is 248 g/mol. The first-order valence-corrected chi connectivity index (χ1v) is 7.05. The molecule has 2 aromatic rings. The number of hydrogen-bond donors (Lipinski definition) is 2. The lowest BCUT2D eigenvalue weighted by atomic mass is 9.93. The van der Waals surface area contributed by atoms with E-state index in [0.29, 0.717) is 12.0 Å². The fraction of sp³-hybridized carbons (Fsp3) is 0.429. The molecule has 0 fully saturated rings. The Morgan fingerprint density at radius 2 is 2.12 bits per heavy atom. The third kappa shape index (κ3) is 2.68. The molecule has 0 amide bonds. The molecular formula is C14H20N2S. The monoisotopic (exact) mass is 248 g/mol. The lowest BCUT2D eigenvalue weighted by Gasteiger charge is -2.21. The molecule has 2 nitrogen and oxygen atoms in total.